The lowest BCUT2D eigenvalue weighted by molar-refractivity contribution is -0.134. The maximum Gasteiger partial charge on any atom is 0.229 e. The molecule has 2 aliphatic rings. The first-order valence-corrected chi connectivity index (χ1v) is 9.32. The predicted molar refractivity (Wildman–Crippen MR) is 96.3 cm³/mol. The first-order valence-electron chi connectivity index (χ1n) is 9.32. The fourth-order valence-electron chi connectivity index (χ4n) is 3.62. The first kappa shape index (κ1) is 17.6. The van der Waals surface area contributed by atoms with E-state index in [-0.39, 0.29) is 17.7 Å². The normalized spacial score (nSPS) is 20.6. The van der Waals surface area contributed by atoms with E-state index in [1.165, 1.54) is 6.33 Å². The molecule has 0 aliphatic carbocycles. The van der Waals surface area contributed by atoms with Crippen molar-refractivity contribution in [1.29, 1.82) is 0 Å². The van der Waals surface area contributed by atoms with Gasteiger partial charge in [-0.2, -0.15) is 0 Å². The molecule has 2 saturated heterocycles. The van der Waals surface area contributed by atoms with E-state index < -0.39 is 0 Å². The van der Waals surface area contributed by atoms with E-state index in [1.54, 1.807) is 6.20 Å². The molecule has 2 amide bonds. The van der Waals surface area contributed by atoms with Gasteiger partial charge < -0.3 is 15.1 Å². The van der Waals surface area contributed by atoms with Gasteiger partial charge in [0.1, 0.15) is 12.0 Å². The number of nitrogens with zero attached hydrogens (tertiary/aromatic N) is 4. The lowest BCUT2D eigenvalue weighted by Crippen LogP contribution is -2.43. The molecule has 25 heavy (non-hydrogen) atoms. The minimum Gasteiger partial charge on any atom is -0.355 e. The van der Waals surface area contributed by atoms with Crippen molar-refractivity contribution in [2.75, 3.05) is 36.4 Å². The van der Waals surface area contributed by atoms with Crippen LogP contribution >= 0.6 is 0 Å². The van der Waals surface area contributed by atoms with E-state index in [0.717, 1.165) is 57.6 Å². The predicted octanol–water partition coefficient (Wildman–Crippen LogP) is 2.05. The third-order valence-corrected chi connectivity index (χ3v) is 4.96. The fourth-order valence-corrected chi connectivity index (χ4v) is 3.62. The zero-order valence-corrected chi connectivity index (χ0v) is 14.9. The van der Waals surface area contributed by atoms with Crippen LogP contribution in [-0.4, -0.2) is 52.9 Å². The Morgan fingerprint density at radius 1 is 1.24 bits per heavy atom. The number of aromatic nitrogens is 2. The number of amides is 2. The van der Waals surface area contributed by atoms with Crippen LogP contribution in [-0.2, 0) is 9.59 Å². The van der Waals surface area contributed by atoms with E-state index in [4.69, 9.17) is 0 Å². The Morgan fingerprint density at radius 2 is 2.04 bits per heavy atom. The highest BCUT2D eigenvalue weighted by Gasteiger charge is 2.29. The van der Waals surface area contributed by atoms with Crippen LogP contribution in [0.1, 0.15) is 45.4 Å². The molecular formula is C18H27N5O2. The van der Waals surface area contributed by atoms with Gasteiger partial charge in [0.15, 0.2) is 5.82 Å². The lowest BCUT2D eigenvalue weighted by atomic mass is 9.96. The van der Waals surface area contributed by atoms with Crippen molar-refractivity contribution in [2.45, 2.75) is 45.4 Å². The van der Waals surface area contributed by atoms with Gasteiger partial charge >= 0.3 is 0 Å². The number of hydrogen-bond donors (Lipinski definition) is 1. The number of carbonyl (C=O) groups is 2. The minimum atomic E-state index is -0.166. The van der Waals surface area contributed by atoms with Crippen LogP contribution < -0.4 is 10.2 Å². The number of hydrogen-bond acceptors (Lipinski definition) is 5. The van der Waals surface area contributed by atoms with E-state index in [2.05, 4.69) is 20.2 Å². The average Bonchev–Trinajstić information content (AvgIpc) is 3.17. The molecule has 0 radical (unpaired) electrons. The summed E-state index contributed by atoms with van der Waals surface area (Å²) in [6.45, 7) is 5.19. The molecule has 3 rings (SSSR count). The topological polar surface area (TPSA) is 78.4 Å². The van der Waals surface area contributed by atoms with Crippen LogP contribution in [0.25, 0.3) is 0 Å². The molecule has 2 fully saturated rings. The molecule has 0 spiro atoms. The Labute approximate surface area is 148 Å². The second-order valence-electron chi connectivity index (χ2n) is 6.87. The number of likely N-dealkylation sites (tertiary alicyclic amines) is 1. The van der Waals surface area contributed by atoms with Crippen LogP contribution in [0.15, 0.2) is 12.5 Å². The van der Waals surface area contributed by atoms with Crippen LogP contribution in [0.2, 0.25) is 0 Å². The molecule has 1 aromatic heterocycles. The third-order valence-electron chi connectivity index (χ3n) is 4.96. The summed E-state index contributed by atoms with van der Waals surface area (Å²) < 4.78 is 0. The van der Waals surface area contributed by atoms with Crippen molar-refractivity contribution < 1.29 is 9.59 Å². The molecule has 1 atom stereocenters. The highest BCUT2D eigenvalue weighted by atomic mass is 16.2. The maximum absolute atomic E-state index is 12.7. The highest BCUT2D eigenvalue weighted by molar-refractivity contribution is 5.95. The molecule has 1 aromatic rings. The maximum atomic E-state index is 12.7. The quantitative estimate of drug-likeness (QED) is 0.884. The van der Waals surface area contributed by atoms with Gasteiger partial charge in [-0.05, 0) is 32.1 Å². The monoisotopic (exact) mass is 345 g/mol. The number of nitrogens with one attached hydrogen (secondary N) is 1. The standard InChI is InChI=1S/C18H27N5O2/c1-2-6-16(24)23-10-5-7-14(12-23)18(25)21-15-11-19-13-20-17(15)22-8-3-4-9-22/h11,13-14H,2-10,12H2,1H3,(H,21,25). The van der Waals surface area contributed by atoms with Crippen molar-refractivity contribution in [1.82, 2.24) is 14.9 Å². The molecule has 7 nitrogen and oxygen atoms in total. The molecule has 0 saturated carbocycles. The van der Waals surface area contributed by atoms with Crippen molar-refractivity contribution >= 4 is 23.3 Å². The zero-order valence-electron chi connectivity index (χ0n) is 14.9. The van der Waals surface area contributed by atoms with Gasteiger partial charge in [-0.15, -0.1) is 0 Å². The Balaban J connectivity index is 1.65. The van der Waals surface area contributed by atoms with Crippen molar-refractivity contribution in [3.05, 3.63) is 12.5 Å². The Kier molecular flexibility index (Phi) is 5.83. The SMILES string of the molecule is CCCC(=O)N1CCCC(C(=O)Nc2cncnc2N2CCCC2)C1. The van der Waals surface area contributed by atoms with Gasteiger partial charge in [0, 0.05) is 32.6 Å². The van der Waals surface area contributed by atoms with E-state index in [0.29, 0.717) is 18.7 Å². The molecule has 7 heteroatoms. The van der Waals surface area contributed by atoms with E-state index in [1.807, 2.05) is 11.8 Å². The molecular weight excluding hydrogens is 318 g/mol. The summed E-state index contributed by atoms with van der Waals surface area (Å²) in [5.41, 5.74) is 0.673. The summed E-state index contributed by atoms with van der Waals surface area (Å²) in [5.74, 6) is 0.752. The third kappa shape index (κ3) is 4.27. The Morgan fingerprint density at radius 3 is 2.80 bits per heavy atom. The first-order chi connectivity index (χ1) is 12.2. The fraction of sp³-hybridized carbons (Fsp3) is 0.667. The average molecular weight is 345 g/mol. The number of anilines is 2. The number of piperidine rings is 1. The number of carbonyl (C=O) groups excluding carboxylic acids is 2. The molecule has 1 N–H and O–H groups in total. The van der Waals surface area contributed by atoms with Crippen molar-refractivity contribution in [3.63, 3.8) is 0 Å². The van der Waals surface area contributed by atoms with Gasteiger partial charge in [-0.3, -0.25) is 9.59 Å². The molecule has 136 valence electrons. The zero-order chi connectivity index (χ0) is 17.6. The highest BCUT2D eigenvalue weighted by Crippen LogP contribution is 2.27. The summed E-state index contributed by atoms with van der Waals surface area (Å²) in [5, 5.41) is 3.01. The van der Waals surface area contributed by atoms with Gasteiger partial charge in [0.05, 0.1) is 12.1 Å². The second-order valence-corrected chi connectivity index (χ2v) is 6.87. The molecule has 0 aromatic carbocycles. The van der Waals surface area contributed by atoms with Gasteiger partial charge in [0.25, 0.3) is 0 Å². The lowest BCUT2D eigenvalue weighted by Gasteiger charge is -2.32. The molecule has 0 bridgehead atoms. The molecule has 3 heterocycles. The van der Waals surface area contributed by atoms with Gasteiger partial charge in [-0.1, -0.05) is 6.92 Å². The largest absolute Gasteiger partial charge is 0.355 e. The van der Waals surface area contributed by atoms with Crippen LogP contribution in [0.5, 0.6) is 0 Å². The van der Waals surface area contributed by atoms with Crippen LogP contribution in [0.4, 0.5) is 11.5 Å². The summed E-state index contributed by atoms with van der Waals surface area (Å²) in [6, 6.07) is 0. The summed E-state index contributed by atoms with van der Waals surface area (Å²) in [4.78, 5) is 37.3. The summed E-state index contributed by atoms with van der Waals surface area (Å²) in [6.07, 6.45) is 8.57. The van der Waals surface area contributed by atoms with Crippen LogP contribution in [0.3, 0.4) is 0 Å². The van der Waals surface area contributed by atoms with Crippen molar-refractivity contribution in [2.24, 2.45) is 5.92 Å². The Hall–Kier alpha value is -2.18. The molecule has 2 aliphatic heterocycles. The van der Waals surface area contributed by atoms with Crippen molar-refractivity contribution in [3.8, 4) is 0 Å². The molecule has 1 unspecified atom stereocenters. The van der Waals surface area contributed by atoms with Gasteiger partial charge in [0.2, 0.25) is 11.8 Å². The van der Waals surface area contributed by atoms with Gasteiger partial charge in [-0.25, -0.2) is 9.97 Å². The minimum absolute atomic E-state index is 0.0377. The van der Waals surface area contributed by atoms with E-state index in [9.17, 15) is 9.59 Å². The summed E-state index contributed by atoms with van der Waals surface area (Å²) >= 11 is 0. The second kappa shape index (κ2) is 8.27. The van der Waals surface area contributed by atoms with Crippen LogP contribution in [0, 0.1) is 5.92 Å². The van der Waals surface area contributed by atoms with E-state index >= 15 is 0 Å². The number of rotatable bonds is 5. The summed E-state index contributed by atoms with van der Waals surface area (Å²) in [7, 11) is 0. The Bertz CT molecular complexity index is 615. The smallest absolute Gasteiger partial charge is 0.229 e.